The molecule has 2 aliphatic carbocycles. The summed E-state index contributed by atoms with van der Waals surface area (Å²) >= 11 is 0. The zero-order valence-corrected chi connectivity index (χ0v) is 19.5. The van der Waals surface area contributed by atoms with Gasteiger partial charge in [-0.2, -0.15) is 0 Å². The number of carbonyl (C=O) groups is 2. The molecule has 0 unspecified atom stereocenters. The molecule has 3 atom stereocenters. The van der Waals surface area contributed by atoms with Crippen LogP contribution in [0.25, 0.3) is 0 Å². The minimum atomic E-state index is -0.444. The summed E-state index contributed by atoms with van der Waals surface area (Å²) in [7, 11) is 0. The molecule has 9 heteroatoms. The summed E-state index contributed by atoms with van der Waals surface area (Å²) in [5, 5.41) is 14.3. The average molecular weight is 447 g/mol. The Morgan fingerprint density at radius 1 is 1.25 bits per heavy atom. The molecule has 0 radical (unpaired) electrons. The van der Waals surface area contributed by atoms with Gasteiger partial charge in [0.05, 0.1) is 37.0 Å². The van der Waals surface area contributed by atoms with Crippen LogP contribution < -0.4 is 16.4 Å². The molecule has 1 fully saturated rings. The van der Waals surface area contributed by atoms with Crippen LogP contribution >= 0.6 is 0 Å². The standard InChI is InChI=1S/C23H38N6O3/c1-4-19(5-2)32-21-12-16(11-20(24)22(21)26-15(3)30)23(31)25-13-17-14-29(28-27-17)18-9-7-6-8-10-18/h12,14,18-22H,4-11,13,24H2,1-3H3,(H,25,31)(H,26,30)/t20-,21+,22+/m0/s1. The summed E-state index contributed by atoms with van der Waals surface area (Å²) < 4.78 is 8.15. The number of carbonyl (C=O) groups excluding carboxylic acids is 2. The van der Waals surface area contributed by atoms with E-state index in [-0.39, 0.29) is 24.0 Å². The first-order valence-corrected chi connectivity index (χ1v) is 12.0. The lowest BCUT2D eigenvalue weighted by Crippen LogP contribution is -2.57. The van der Waals surface area contributed by atoms with Crippen molar-refractivity contribution in [1.29, 1.82) is 0 Å². The second-order valence-electron chi connectivity index (χ2n) is 8.99. The molecule has 3 rings (SSSR count). The number of aromatic nitrogens is 3. The highest BCUT2D eigenvalue weighted by molar-refractivity contribution is 5.93. The van der Waals surface area contributed by atoms with E-state index in [1.807, 2.05) is 17.0 Å². The average Bonchev–Trinajstić information content (AvgIpc) is 3.27. The Morgan fingerprint density at radius 2 is 1.97 bits per heavy atom. The number of ether oxygens (including phenoxy) is 1. The van der Waals surface area contributed by atoms with Crippen molar-refractivity contribution < 1.29 is 14.3 Å². The molecule has 178 valence electrons. The van der Waals surface area contributed by atoms with Crippen LogP contribution in [0.4, 0.5) is 0 Å². The quantitative estimate of drug-likeness (QED) is 0.534. The van der Waals surface area contributed by atoms with Crippen LogP contribution in [0.5, 0.6) is 0 Å². The minimum absolute atomic E-state index is 0.0388. The Hall–Kier alpha value is -2.26. The van der Waals surface area contributed by atoms with Crippen LogP contribution in [-0.2, 0) is 20.9 Å². The maximum atomic E-state index is 12.9. The molecule has 0 aliphatic heterocycles. The number of amides is 2. The van der Waals surface area contributed by atoms with Crippen LogP contribution in [0.1, 0.15) is 83.9 Å². The van der Waals surface area contributed by atoms with E-state index in [4.69, 9.17) is 10.5 Å². The van der Waals surface area contributed by atoms with Gasteiger partial charge in [0, 0.05) is 18.5 Å². The summed E-state index contributed by atoms with van der Waals surface area (Å²) in [5.41, 5.74) is 7.68. The van der Waals surface area contributed by atoms with Gasteiger partial charge in [0.2, 0.25) is 11.8 Å². The summed E-state index contributed by atoms with van der Waals surface area (Å²) in [4.78, 5) is 24.6. The Morgan fingerprint density at radius 3 is 2.62 bits per heavy atom. The smallest absolute Gasteiger partial charge is 0.247 e. The van der Waals surface area contributed by atoms with E-state index in [0.29, 0.717) is 24.6 Å². The minimum Gasteiger partial charge on any atom is -0.369 e. The van der Waals surface area contributed by atoms with Crippen LogP contribution in [0.15, 0.2) is 17.8 Å². The molecular weight excluding hydrogens is 408 g/mol. The molecule has 1 aromatic rings. The maximum absolute atomic E-state index is 12.9. The third kappa shape index (κ3) is 6.38. The van der Waals surface area contributed by atoms with E-state index in [0.717, 1.165) is 31.4 Å². The molecule has 1 aromatic heterocycles. The van der Waals surface area contributed by atoms with Crippen LogP contribution in [-0.4, -0.2) is 51.1 Å². The largest absolute Gasteiger partial charge is 0.369 e. The summed E-state index contributed by atoms with van der Waals surface area (Å²) in [5.74, 6) is -0.349. The van der Waals surface area contributed by atoms with Crippen LogP contribution in [0.2, 0.25) is 0 Å². The molecule has 32 heavy (non-hydrogen) atoms. The topological polar surface area (TPSA) is 124 Å². The lowest BCUT2D eigenvalue weighted by molar-refractivity contribution is -0.121. The van der Waals surface area contributed by atoms with E-state index < -0.39 is 12.1 Å². The van der Waals surface area contributed by atoms with Crippen molar-refractivity contribution >= 4 is 11.8 Å². The first kappa shape index (κ1) is 24.4. The predicted octanol–water partition coefficient (Wildman–Crippen LogP) is 2.14. The number of nitrogens with one attached hydrogen (secondary N) is 2. The third-order valence-electron chi connectivity index (χ3n) is 6.49. The first-order valence-electron chi connectivity index (χ1n) is 12.0. The van der Waals surface area contributed by atoms with Crippen molar-refractivity contribution in [2.75, 3.05) is 0 Å². The van der Waals surface area contributed by atoms with Gasteiger partial charge >= 0.3 is 0 Å². The first-order chi connectivity index (χ1) is 15.4. The van der Waals surface area contributed by atoms with E-state index in [2.05, 4.69) is 34.8 Å². The lowest BCUT2D eigenvalue weighted by Gasteiger charge is -2.36. The number of hydrogen-bond donors (Lipinski definition) is 3. The zero-order chi connectivity index (χ0) is 23.1. The Bertz CT molecular complexity index is 797. The van der Waals surface area contributed by atoms with Gasteiger partial charge in [-0.05, 0) is 38.2 Å². The van der Waals surface area contributed by atoms with Crippen molar-refractivity contribution in [2.24, 2.45) is 5.73 Å². The number of rotatable bonds is 9. The second kappa shape index (κ2) is 11.6. The Labute approximate surface area is 190 Å². The van der Waals surface area contributed by atoms with E-state index in [1.165, 1.54) is 26.2 Å². The molecule has 0 saturated heterocycles. The third-order valence-corrected chi connectivity index (χ3v) is 6.49. The number of nitrogens with two attached hydrogens (primary N) is 1. The van der Waals surface area contributed by atoms with Gasteiger partial charge in [0.25, 0.3) is 0 Å². The normalized spacial score (nSPS) is 24.3. The molecule has 0 bridgehead atoms. The lowest BCUT2D eigenvalue weighted by atomic mass is 9.87. The highest BCUT2D eigenvalue weighted by Crippen LogP contribution is 2.27. The fourth-order valence-electron chi connectivity index (χ4n) is 4.62. The molecule has 0 spiro atoms. The maximum Gasteiger partial charge on any atom is 0.247 e. The monoisotopic (exact) mass is 446 g/mol. The summed E-state index contributed by atoms with van der Waals surface area (Å²) in [6.07, 6.45) is 11.4. The highest BCUT2D eigenvalue weighted by Gasteiger charge is 2.35. The van der Waals surface area contributed by atoms with Gasteiger partial charge in [-0.25, -0.2) is 4.68 Å². The zero-order valence-electron chi connectivity index (χ0n) is 19.5. The highest BCUT2D eigenvalue weighted by atomic mass is 16.5. The van der Waals surface area contributed by atoms with Crippen molar-refractivity contribution in [3.8, 4) is 0 Å². The van der Waals surface area contributed by atoms with Crippen LogP contribution in [0, 0.1) is 0 Å². The molecule has 1 heterocycles. The van der Waals surface area contributed by atoms with Crippen molar-refractivity contribution in [1.82, 2.24) is 25.6 Å². The van der Waals surface area contributed by atoms with Gasteiger partial charge in [-0.3, -0.25) is 9.59 Å². The SMILES string of the molecule is CCC(CC)O[C@@H]1C=C(C(=O)NCc2cn(C3CCCCC3)nn2)C[C@H](N)[C@H]1NC(C)=O. The second-order valence-corrected chi connectivity index (χ2v) is 8.99. The number of nitrogens with zero attached hydrogens (tertiary/aromatic N) is 3. The fourth-order valence-corrected chi connectivity index (χ4v) is 4.62. The summed E-state index contributed by atoms with van der Waals surface area (Å²) in [6.45, 7) is 5.89. The molecule has 2 amide bonds. The van der Waals surface area contributed by atoms with Crippen molar-refractivity contribution in [3.63, 3.8) is 0 Å². The van der Waals surface area contributed by atoms with Gasteiger partial charge in [-0.15, -0.1) is 5.10 Å². The van der Waals surface area contributed by atoms with Gasteiger partial charge in [-0.1, -0.05) is 38.3 Å². The van der Waals surface area contributed by atoms with Gasteiger partial charge in [0.1, 0.15) is 5.69 Å². The van der Waals surface area contributed by atoms with E-state index in [9.17, 15) is 9.59 Å². The summed E-state index contributed by atoms with van der Waals surface area (Å²) in [6, 6.07) is -0.357. The van der Waals surface area contributed by atoms with Gasteiger partial charge < -0.3 is 21.1 Å². The fraction of sp³-hybridized carbons (Fsp3) is 0.739. The number of hydrogen-bond acceptors (Lipinski definition) is 6. The van der Waals surface area contributed by atoms with E-state index in [1.54, 1.807) is 0 Å². The molecule has 9 nitrogen and oxygen atoms in total. The molecule has 2 aliphatic rings. The molecule has 1 saturated carbocycles. The van der Waals surface area contributed by atoms with Crippen molar-refractivity contribution in [3.05, 3.63) is 23.5 Å². The Balaban J connectivity index is 1.64. The molecule has 0 aromatic carbocycles. The molecular formula is C23H38N6O3. The Kier molecular flexibility index (Phi) is 8.81. The molecule has 4 N–H and O–H groups in total. The van der Waals surface area contributed by atoms with Crippen molar-refractivity contribution in [2.45, 2.75) is 109 Å². The predicted molar refractivity (Wildman–Crippen MR) is 122 cm³/mol. The van der Waals surface area contributed by atoms with E-state index >= 15 is 0 Å². The van der Waals surface area contributed by atoms with Crippen LogP contribution in [0.3, 0.4) is 0 Å². The van der Waals surface area contributed by atoms with Gasteiger partial charge in [0.15, 0.2) is 0 Å².